The van der Waals surface area contributed by atoms with Gasteiger partial charge in [0.2, 0.25) is 0 Å². The van der Waals surface area contributed by atoms with Crippen molar-refractivity contribution in [2.45, 2.75) is 6.04 Å². The number of anilines is 1. The normalized spacial score (nSPS) is 11.7. The number of hydrogen-bond acceptors (Lipinski definition) is 5. The number of nitrogens with one attached hydrogen (secondary N) is 2. The molecule has 2 aromatic rings. The maximum Gasteiger partial charge on any atom is 0.319 e. The first-order valence-corrected chi connectivity index (χ1v) is 8.72. The van der Waals surface area contributed by atoms with Crippen molar-refractivity contribution in [3.8, 4) is 11.5 Å². The number of aliphatic hydroxyl groups excluding tert-OH is 1. The lowest BCUT2D eigenvalue weighted by molar-refractivity contribution is 0.225. The Morgan fingerprint density at radius 1 is 1.15 bits per heavy atom. The lowest BCUT2D eigenvalue weighted by Crippen LogP contribution is -2.34. The van der Waals surface area contributed by atoms with E-state index in [9.17, 15) is 9.90 Å². The molecule has 0 heterocycles. The fourth-order valence-corrected chi connectivity index (χ4v) is 2.45. The third-order valence-electron chi connectivity index (χ3n) is 3.91. The van der Waals surface area contributed by atoms with Gasteiger partial charge in [-0.2, -0.15) is 0 Å². The Bertz CT molecular complexity index is 722. The fourth-order valence-electron chi connectivity index (χ4n) is 2.45. The first-order chi connectivity index (χ1) is 13.0. The van der Waals surface area contributed by atoms with Crippen LogP contribution in [0.3, 0.4) is 0 Å². The Kier molecular flexibility index (Phi) is 7.91. The van der Waals surface area contributed by atoms with Gasteiger partial charge in [-0.3, -0.25) is 0 Å². The van der Waals surface area contributed by atoms with Crippen LogP contribution in [-0.2, 0) is 0 Å². The van der Waals surface area contributed by atoms with Gasteiger partial charge in [0.15, 0.2) is 11.5 Å². The molecular weight excluding hydrogens is 346 g/mol. The van der Waals surface area contributed by atoms with Crippen LogP contribution in [0.1, 0.15) is 11.6 Å². The highest BCUT2D eigenvalue weighted by Gasteiger charge is 2.14. The highest BCUT2D eigenvalue weighted by atomic mass is 16.5. The van der Waals surface area contributed by atoms with Gasteiger partial charge in [-0.15, -0.1) is 0 Å². The number of carbonyl (C=O) groups is 1. The molecule has 0 spiro atoms. The van der Waals surface area contributed by atoms with Crippen molar-refractivity contribution in [2.24, 2.45) is 0 Å². The molecule has 1 atom stereocenters. The highest BCUT2D eigenvalue weighted by molar-refractivity contribution is 5.90. The lowest BCUT2D eigenvalue weighted by Gasteiger charge is -2.18. The number of nitrogens with zero attached hydrogens (tertiary/aromatic N) is 1. The van der Waals surface area contributed by atoms with E-state index in [1.165, 1.54) is 0 Å². The first kappa shape index (κ1) is 20.5. The zero-order valence-corrected chi connectivity index (χ0v) is 15.9. The summed E-state index contributed by atoms with van der Waals surface area (Å²) >= 11 is 0. The Balaban J connectivity index is 2.01. The average Bonchev–Trinajstić information content (AvgIpc) is 2.66. The Labute approximate surface area is 159 Å². The van der Waals surface area contributed by atoms with E-state index in [0.29, 0.717) is 23.8 Å². The maximum atomic E-state index is 12.3. The van der Waals surface area contributed by atoms with Crippen molar-refractivity contribution in [2.75, 3.05) is 46.3 Å². The second-order valence-corrected chi connectivity index (χ2v) is 6.26. The molecule has 0 saturated carbocycles. The van der Waals surface area contributed by atoms with Crippen molar-refractivity contribution >= 4 is 11.7 Å². The van der Waals surface area contributed by atoms with Crippen LogP contribution in [0.5, 0.6) is 11.5 Å². The number of hydrogen-bond donors (Lipinski definition) is 3. The SMILES string of the molecule is COc1ccc(NC(=O)NC(CO)c2ccccc2)cc1OCCN(C)C. The number of urea groups is 1. The summed E-state index contributed by atoms with van der Waals surface area (Å²) in [6.45, 7) is 1.06. The number of methoxy groups -OCH3 is 1. The molecule has 3 N–H and O–H groups in total. The molecule has 0 radical (unpaired) electrons. The van der Waals surface area contributed by atoms with Crippen LogP contribution < -0.4 is 20.1 Å². The number of aliphatic hydroxyl groups is 1. The van der Waals surface area contributed by atoms with E-state index in [4.69, 9.17) is 9.47 Å². The molecule has 7 heteroatoms. The molecule has 2 aromatic carbocycles. The Hall–Kier alpha value is -2.77. The molecule has 0 aliphatic rings. The summed E-state index contributed by atoms with van der Waals surface area (Å²) in [5.41, 5.74) is 1.40. The van der Waals surface area contributed by atoms with E-state index in [-0.39, 0.29) is 6.61 Å². The standard InChI is InChI=1S/C20H27N3O4/c1-23(2)11-12-27-19-13-16(9-10-18(19)26-3)21-20(25)22-17(14-24)15-7-5-4-6-8-15/h4-10,13,17,24H,11-12,14H2,1-3H3,(H2,21,22,25). The zero-order chi connectivity index (χ0) is 19.6. The van der Waals surface area contributed by atoms with Crippen molar-refractivity contribution < 1.29 is 19.4 Å². The molecule has 0 aromatic heterocycles. The van der Waals surface area contributed by atoms with Crippen LogP contribution in [0.25, 0.3) is 0 Å². The van der Waals surface area contributed by atoms with Gasteiger partial charge in [0, 0.05) is 18.3 Å². The minimum atomic E-state index is -0.486. The summed E-state index contributed by atoms with van der Waals surface area (Å²) in [5.74, 6) is 1.15. The van der Waals surface area contributed by atoms with Crippen molar-refractivity contribution in [3.05, 3.63) is 54.1 Å². The number of rotatable bonds is 9. The summed E-state index contributed by atoms with van der Waals surface area (Å²) in [7, 11) is 5.50. The van der Waals surface area contributed by atoms with Gasteiger partial charge in [0.05, 0.1) is 19.8 Å². The smallest absolute Gasteiger partial charge is 0.319 e. The molecule has 146 valence electrons. The van der Waals surface area contributed by atoms with Crippen LogP contribution in [0.2, 0.25) is 0 Å². The minimum Gasteiger partial charge on any atom is -0.493 e. The molecule has 1 unspecified atom stereocenters. The minimum absolute atomic E-state index is 0.195. The van der Waals surface area contributed by atoms with Crippen LogP contribution in [-0.4, -0.2) is 57.0 Å². The van der Waals surface area contributed by atoms with E-state index in [1.54, 1.807) is 25.3 Å². The highest BCUT2D eigenvalue weighted by Crippen LogP contribution is 2.30. The van der Waals surface area contributed by atoms with Crippen LogP contribution in [0, 0.1) is 0 Å². The third kappa shape index (κ3) is 6.47. The molecule has 27 heavy (non-hydrogen) atoms. The number of carbonyl (C=O) groups excluding carboxylic acids is 1. The van der Waals surface area contributed by atoms with Gasteiger partial charge in [-0.25, -0.2) is 4.79 Å². The van der Waals surface area contributed by atoms with Crippen molar-refractivity contribution in [1.82, 2.24) is 10.2 Å². The van der Waals surface area contributed by atoms with Gasteiger partial charge < -0.3 is 30.1 Å². The summed E-state index contributed by atoms with van der Waals surface area (Å²) in [5, 5.41) is 15.1. The van der Waals surface area contributed by atoms with Gasteiger partial charge in [0.25, 0.3) is 0 Å². The van der Waals surface area contributed by atoms with Crippen LogP contribution >= 0.6 is 0 Å². The fraction of sp³-hybridized carbons (Fsp3) is 0.350. The topological polar surface area (TPSA) is 83.1 Å². The molecule has 0 bridgehead atoms. The molecule has 0 saturated heterocycles. The Morgan fingerprint density at radius 2 is 1.89 bits per heavy atom. The van der Waals surface area contributed by atoms with E-state index in [1.807, 2.05) is 49.3 Å². The monoisotopic (exact) mass is 373 g/mol. The number of amides is 2. The number of benzene rings is 2. The van der Waals surface area contributed by atoms with E-state index >= 15 is 0 Å². The predicted octanol–water partition coefficient (Wildman–Crippen LogP) is 2.49. The van der Waals surface area contributed by atoms with Gasteiger partial charge in [-0.1, -0.05) is 30.3 Å². The number of likely N-dealkylation sites (N-methyl/N-ethyl adjacent to an activating group) is 1. The molecule has 2 amide bonds. The van der Waals surface area contributed by atoms with E-state index < -0.39 is 12.1 Å². The quantitative estimate of drug-likeness (QED) is 0.629. The van der Waals surface area contributed by atoms with Gasteiger partial charge in [-0.05, 0) is 31.8 Å². The largest absolute Gasteiger partial charge is 0.493 e. The Morgan fingerprint density at radius 3 is 2.52 bits per heavy atom. The van der Waals surface area contributed by atoms with Crippen molar-refractivity contribution in [1.29, 1.82) is 0 Å². The second kappa shape index (κ2) is 10.4. The van der Waals surface area contributed by atoms with E-state index in [0.717, 1.165) is 12.1 Å². The van der Waals surface area contributed by atoms with Crippen molar-refractivity contribution in [3.63, 3.8) is 0 Å². The van der Waals surface area contributed by atoms with Crippen LogP contribution in [0.4, 0.5) is 10.5 Å². The second-order valence-electron chi connectivity index (χ2n) is 6.26. The van der Waals surface area contributed by atoms with Gasteiger partial charge >= 0.3 is 6.03 Å². The third-order valence-corrected chi connectivity index (χ3v) is 3.91. The molecule has 0 aliphatic carbocycles. The molecule has 0 fully saturated rings. The average molecular weight is 373 g/mol. The summed E-state index contributed by atoms with van der Waals surface area (Å²) in [6, 6.07) is 13.6. The zero-order valence-electron chi connectivity index (χ0n) is 15.9. The molecule has 7 nitrogen and oxygen atoms in total. The maximum absolute atomic E-state index is 12.3. The summed E-state index contributed by atoms with van der Waals surface area (Å²) in [6.07, 6.45) is 0. The van der Waals surface area contributed by atoms with Gasteiger partial charge in [0.1, 0.15) is 6.61 Å². The lowest BCUT2D eigenvalue weighted by atomic mass is 10.1. The predicted molar refractivity (Wildman–Crippen MR) is 105 cm³/mol. The molecular formula is C20H27N3O4. The van der Waals surface area contributed by atoms with Crippen LogP contribution in [0.15, 0.2) is 48.5 Å². The summed E-state index contributed by atoms with van der Waals surface area (Å²) in [4.78, 5) is 14.3. The molecule has 2 rings (SSSR count). The number of ether oxygens (including phenoxy) is 2. The first-order valence-electron chi connectivity index (χ1n) is 8.72. The summed E-state index contributed by atoms with van der Waals surface area (Å²) < 4.78 is 11.1. The molecule has 0 aliphatic heterocycles. The van der Waals surface area contributed by atoms with E-state index in [2.05, 4.69) is 10.6 Å².